The van der Waals surface area contributed by atoms with Crippen molar-refractivity contribution in [2.45, 2.75) is 148 Å². The van der Waals surface area contributed by atoms with E-state index >= 15 is 0 Å². The number of anilines is 4. The van der Waals surface area contributed by atoms with E-state index in [1.54, 1.807) is 117 Å². The highest BCUT2D eigenvalue weighted by Gasteiger charge is 2.53. The van der Waals surface area contributed by atoms with E-state index in [-0.39, 0.29) is 47.3 Å². The lowest BCUT2D eigenvalue weighted by Crippen LogP contribution is -2.32. The molecule has 0 spiro atoms. The van der Waals surface area contributed by atoms with Crippen molar-refractivity contribution in [2.24, 2.45) is 0 Å². The fourth-order valence-electron chi connectivity index (χ4n) is 17.5. The predicted molar refractivity (Wildman–Crippen MR) is 480 cm³/mol. The molecule has 14 aromatic rings. The molecule has 6 amide bonds. The second-order valence-electron chi connectivity index (χ2n) is 31.3. The zero-order chi connectivity index (χ0) is 81.6. The van der Waals surface area contributed by atoms with Gasteiger partial charge in [0.1, 0.15) is 22.1 Å². The van der Waals surface area contributed by atoms with Crippen LogP contribution in [0.3, 0.4) is 0 Å². The minimum absolute atomic E-state index is 0.00391. The molecule has 24 heteroatoms. The fourth-order valence-corrected chi connectivity index (χ4v) is 26.0. The molecule has 114 heavy (non-hydrogen) atoms. The molecule has 6 aliphatic heterocycles. The van der Waals surface area contributed by atoms with E-state index in [0.717, 1.165) is 131 Å². The fraction of sp³-hybridized carbons (Fsp3) is 0.311. The monoisotopic (exact) mass is 1660 g/mol. The molecule has 0 radical (unpaired) electrons. The van der Waals surface area contributed by atoms with Gasteiger partial charge in [-0.2, -0.15) is 17.5 Å². The van der Waals surface area contributed by atoms with Crippen molar-refractivity contribution in [3.63, 3.8) is 0 Å². The molecule has 0 N–H and O–H groups in total. The summed E-state index contributed by atoms with van der Waals surface area (Å²) in [4.78, 5) is 99.9. The van der Waals surface area contributed by atoms with Crippen molar-refractivity contribution in [3.8, 4) is 0 Å². The third-order valence-electron chi connectivity index (χ3n) is 24.4. The van der Waals surface area contributed by atoms with Crippen LogP contribution >= 0.6 is 91.5 Å². The van der Waals surface area contributed by atoms with Crippen molar-refractivity contribution in [2.75, 3.05) is 61.9 Å². The van der Waals surface area contributed by atoms with E-state index in [1.807, 2.05) is 98.9 Å². The highest BCUT2D eigenvalue weighted by Crippen LogP contribution is 2.57. The molecule has 16 nitrogen and oxygen atoms in total. The van der Waals surface area contributed by atoms with Crippen LogP contribution in [0.25, 0.3) is 75.2 Å². The van der Waals surface area contributed by atoms with Gasteiger partial charge in [0.15, 0.2) is 0 Å². The lowest BCUT2D eigenvalue weighted by Gasteiger charge is -2.19. The summed E-state index contributed by atoms with van der Waals surface area (Å²) in [5.74, 6) is -1.74. The van der Waals surface area contributed by atoms with Crippen molar-refractivity contribution >= 4 is 225 Å². The number of aryl methyl sites for hydroxylation is 14. The summed E-state index contributed by atoms with van der Waals surface area (Å²) >= 11 is 13.0. The first-order valence-electron chi connectivity index (χ1n) is 37.8. The molecule has 6 aliphatic rings. The highest BCUT2D eigenvalue weighted by atomic mass is 32.1. The predicted octanol–water partition coefficient (Wildman–Crippen LogP) is 21.7. The Kier molecular flexibility index (Phi) is 19.8. The number of hydrogen-bond donors (Lipinski definition) is 0. The molecule has 8 aromatic heterocycles. The van der Waals surface area contributed by atoms with Crippen molar-refractivity contribution < 1.29 is 28.8 Å². The average Bonchev–Trinajstić information content (AvgIpc) is 1.53. The quantitative estimate of drug-likeness (QED) is 0.165. The molecule has 0 saturated carbocycles. The van der Waals surface area contributed by atoms with Gasteiger partial charge < -0.3 is 29.4 Å². The normalized spacial score (nSPS) is 17.6. The number of carbonyl (C=O) groups is 6. The van der Waals surface area contributed by atoms with Crippen LogP contribution in [0.1, 0.15) is 150 Å². The topological polar surface area (TPSA) is 173 Å². The molecule has 0 bridgehead atoms. The molecule has 582 valence electrons. The number of hydrogen-bond acceptors (Lipinski definition) is 18. The summed E-state index contributed by atoms with van der Waals surface area (Å²) in [7, 11) is 10.7. The third kappa shape index (κ3) is 12.0. The molecule has 0 fully saturated rings. The highest BCUT2D eigenvalue weighted by molar-refractivity contribution is 7.21. The number of fused-ring (bicyclic) bond motifs is 15. The van der Waals surface area contributed by atoms with Crippen LogP contribution in [0, 0.1) is 125 Å². The average molecular weight is 1660 g/mol. The van der Waals surface area contributed by atoms with E-state index < -0.39 is 11.8 Å². The van der Waals surface area contributed by atoms with Gasteiger partial charge in [0.25, 0.3) is 11.8 Å². The van der Waals surface area contributed by atoms with E-state index in [2.05, 4.69) is 139 Å². The Labute approximate surface area is 695 Å². The Morgan fingerprint density at radius 3 is 0.991 bits per heavy atom. The molecule has 4 atom stereocenters. The van der Waals surface area contributed by atoms with Crippen LogP contribution in [0.2, 0.25) is 0 Å². The Hall–Kier alpha value is -9.50. The number of benzene rings is 6. The standard InChI is InChI=1S/C22H24N2O2S2.C20H20N2O2.C20H20S2.C16H16N2O2S2.C12H8N4S2/c1-9-11(3)19(27-13(9)5)17-15-16(22(26)23(17)7)18(24(8)21(15)25)20-12(4)10(2)14(6)28-20;1-11-5-7-13-15(9-11)21(3)19(23)17(13)18-14-8-6-12(2)10-16(14)22(4)20(18)24;1-9-7-15-11(3)13(5)18-17(19(15)21-9)14(6)12(4)16-8-10(2)22-20(16)18;1-7-5-9-13(21-7)11(15(19)17(9)3)12-14-10(6-8(2)22-14)18(4)16(12)20;1-5-3-7-8(11-9(5)13-17-15-11)4-6(2)10-12(7)16-18-14-10/h1-8H3;5-10,17-18H,1-4H3;7-8H,1-6H3;5-6,11-12H,1-4H3;3-4H,1-2H3. The van der Waals surface area contributed by atoms with Crippen LogP contribution < -0.4 is 19.6 Å². The zero-order valence-electron chi connectivity index (χ0n) is 68.4. The van der Waals surface area contributed by atoms with Crippen LogP contribution in [-0.4, -0.2) is 105 Å². The van der Waals surface area contributed by atoms with Gasteiger partial charge in [-0.1, -0.05) is 24.3 Å². The number of rotatable bonds is 4. The van der Waals surface area contributed by atoms with Gasteiger partial charge in [0.05, 0.1) is 90.8 Å². The maximum Gasteiger partial charge on any atom is 0.261 e. The Bertz CT molecular complexity index is 6280. The number of carbonyl (C=O) groups excluding carboxylic acids is 6. The number of nitrogens with zero attached hydrogens (tertiary/aromatic N) is 10. The first-order chi connectivity index (χ1) is 54.0. The largest absolute Gasteiger partial charge is 0.315 e. The summed E-state index contributed by atoms with van der Waals surface area (Å²) in [6.07, 6.45) is 0. The van der Waals surface area contributed by atoms with Gasteiger partial charge in [0, 0.05) is 124 Å². The van der Waals surface area contributed by atoms with Crippen LogP contribution in [0.4, 0.5) is 22.7 Å². The van der Waals surface area contributed by atoms with Gasteiger partial charge in [-0.05, 0) is 262 Å². The van der Waals surface area contributed by atoms with Gasteiger partial charge in [-0.15, -0.1) is 68.0 Å². The maximum atomic E-state index is 13.3. The van der Waals surface area contributed by atoms with Gasteiger partial charge >= 0.3 is 0 Å². The molecular formula is C90H88N10O6S8. The number of thiophene rings is 6. The Morgan fingerprint density at radius 2 is 0.640 bits per heavy atom. The Morgan fingerprint density at radius 1 is 0.307 bits per heavy atom. The van der Waals surface area contributed by atoms with Gasteiger partial charge in [-0.3, -0.25) is 28.8 Å². The molecule has 14 heterocycles. The van der Waals surface area contributed by atoms with Crippen LogP contribution in [-0.2, 0) is 28.8 Å². The second kappa shape index (κ2) is 28.7. The van der Waals surface area contributed by atoms with Crippen LogP contribution in [0.15, 0.2) is 83.9 Å². The first-order valence-corrected chi connectivity index (χ1v) is 44.2. The summed E-state index contributed by atoms with van der Waals surface area (Å²) in [6, 6.07) is 25.1. The minimum atomic E-state index is -0.440. The number of amides is 6. The molecular weight excluding hydrogens is 1570 g/mol. The Balaban J connectivity index is 0.000000108. The summed E-state index contributed by atoms with van der Waals surface area (Å²) < 4.78 is 20.5. The van der Waals surface area contributed by atoms with Crippen molar-refractivity contribution in [1.29, 1.82) is 0 Å². The summed E-state index contributed by atoms with van der Waals surface area (Å²) in [6.45, 7) is 38.4. The van der Waals surface area contributed by atoms with E-state index in [0.29, 0.717) is 11.1 Å². The number of aromatic nitrogens is 4. The first kappa shape index (κ1) is 78.4. The van der Waals surface area contributed by atoms with E-state index in [4.69, 9.17) is 0 Å². The summed E-state index contributed by atoms with van der Waals surface area (Å²) in [5.41, 5.74) is 27.3. The number of likely N-dealkylation sites (N-methyl/N-ethyl adjacent to an activating group) is 6. The lowest BCUT2D eigenvalue weighted by molar-refractivity contribution is -0.125. The lowest BCUT2D eigenvalue weighted by atomic mass is 9.82. The SMILES string of the molecule is Cc1cc2c(C)c(C)c3c4sc(C)cc4c(C)c(C)c3c2s1.Cc1cc2c(cc(C)c3nsnc32)c2nsnc12.Cc1cc2c(s1)C(C1C(=O)N(C)c3cc(C)sc31)C(=O)N2C.Cc1ccc2c(c1)N(C)C(=O)C2C1C(=O)N(C)c2cc(C)ccc21.Cc1sc(C2=C3C(=O)N(C)C(c4sc(C)c(C)c4C)=C3C(=O)N2C)c(C)c1C. The van der Waals surface area contributed by atoms with Gasteiger partial charge in [0.2, 0.25) is 23.6 Å². The minimum Gasteiger partial charge on any atom is -0.315 e. The molecule has 6 aromatic carbocycles. The maximum absolute atomic E-state index is 13.3. The molecule has 4 unspecified atom stereocenters. The smallest absolute Gasteiger partial charge is 0.261 e. The van der Waals surface area contributed by atoms with Crippen molar-refractivity contribution in [3.05, 3.63) is 211 Å². The molecule has 0 saturated heterocycles. The van der Waals surface area contributed by atoms with Crippen LogP contribution in [0.5, 0.6) is 0 Å². The van der Waals surface area contributed by atoms with E-state index in [1.165, 1.54) is 117 Å². The van der Waals surface area contributed by atoms with Crippen molar-refractivity contribution in [1.82, 2.24) is 27.3 Å². The summed E-state index contributed by atoms with van der Waals surface area (Å²) in [5, 5.41) is 8.13. The zero-order valence-corrected chi connectivity index (χ0v) is 75.0. The second-order valence-corrected chi connectivity index (χ2v) is 39.9. The van der Waals surface area contributed by atoms with Gasteiger partial charge in [-0.25, -0.2) is 0 Å². The third-order valence-corrected chi connectivity index (χ3v) is 32.5. The van der Waals surface area contributed by atoms with E-state index in [9.17, 15) is 28.8 Å². The molecule has 20 rings (SSSR count). The molecule has 0 aliphatic carbocycles.